The molecule has 1 aromatic heterocycles. The summed E-state index contributed by atoms with van der Waals surface area (Å²) in [5.74, 6) is -0.244. The number of nitrogens with one attached hydrogen (secondary N) is 1. The van der Waals surface area contributed by atoms with Gasteiger partial charge in [0.05, 0.1) is 24.5 Å². The van der Waals surface area contributed by atoms with Crippen LogP contribution in [0.3, 0.4) is 0 Å². The van der Waals surface area contributed by atoms with Crippen LogP contribution in [-0.4, -0.2) is 59.8 Å². The van der Waals surface area contributed by atoms with E-state index in [1.54, 1.807) is 54.5 Å². The summed E-state index contributed by atoms with van der Waals surface area (Å²) in [6.07, 6.45) is 4.77. The molecule has 0 spiro atoms. The number of nitrogens with two attached hydrogens (primary N) is 1. The fourth-order valence-corrected chi connectivity index (χ4v) is 3.89. The van der Waals surface area contributed by atoms with Crippen molar-refractivity contribution in [2.75, 3.05) is 31.6 Å². The Kier molecular flexibility index (Phi) is 6.61. The van der Waals surface area contributed by atoms with Gasteiger partial charge in [-0.3, -0.25) is 19.6 Å². The summed E-state index contributed by atoms with van der Waals surface area (Å²) < 4.78 is 5.46. The lowest BCUT2D eigenvalue weighted by atomic mass is 9.95. The molecule has 8 nitrogen and oxygen atoms in total. The molecule has 8 heteroatoms. The van der Waals surface area contributed by atoms with E-state index in [-0.39, 0.29) is 17.9 Å². The Hall–Kier alpha value is -3.52. The van der Waals surface area contributed by atoms with Crippen LogP contribution in [0, 0.1) is 0 Å². The predicted molar refractivity (Wildman–Crippen MR) is 123 cm³/mol. The molecule has 0 saturated carbocycles. The van der Waals surface area contributed by atoms with Gasteiger partial charge in [-0.2, -0.15) is 0 Å². The highest BCUT2D eigenvalue weighted by Crippen LogP contribution is 2.24. The Bertz CT molecular complexity index is 1060. The maximum atomic E-state index is 12.7. The van der Waals surface area contributed by atoms with E-state index >= 15 is 0 Å². The largest absolute Gasteiger partial charge is 0.398 e. The monoisotopic (exact) mass is 433 g/mol. The van der Waals surface area contributed by atoms with Crippen LogP contribution in [0.15, 0.2) is 59.4 Å². The lowest BCUT2D eigenvalue weighted by Crippen LogP contribution is -2.40. The summed E-state index contributed by atoms with van der Waals surface area (Å²) in [5, 5.41) is 2.83. The summed E-state index contributed by atoms with van der Waals surface area (Å²) in [6, 6.07) is 10.8. The molecule has 2 amide bonds. The summed E-state index contributed by atoms with van der Waals surface area (Å²) in [7, 11) is 0. The van der Waals surface area contributed by atoms with E-state index in [1.165, 1.54) is 0 Å². The van der Waals surface area contributed by atoms with Crippen molar-refractivity contribution in [3.63, 3.8) is 0 Å². The number of amides is 2. The number of aromatic nitrogens is 1. The first-order valence-corrected chi connectivity index (χ1v) is 10.7. The molecule has 1 atom stereocenters. The van der Waals surface area contributed by atoms with Crippen LogP contribution < -0.4 is 11.1 Å². The fraction of sp³-hybridized carbons (Fsp3) is 0.333. The van der Waals surface area contributed by atoms with Crippen LogP contribution in [0.1, 0.15) is 35.7 Å². The number of carbonyl (C=O) groups excluding carboxylic acids is 2. The van der Waals surface area contributed by atoms with Gasteiger partial charge in [0.2, 0.25) is 5.91 Å². The highest BCUT2D eigenvalue weighted by molar-refractivity contribution is 6.09. The number of rotatable bonds is 4. The molecule has 1 unspecified atom stereocenters. The molecule has 1 aromatic carbocycles. The quantitative estimate of drug-likeness (QED) is 0.770. The van der Waals surface area contributed by atoms with E-state index in [4.69, 9.17) is 15.5 Å². The van der Waals surface area contributed by atoms with Crippen LogP contribution in [0.5, 0.6) is 0 Å². The van der Waals surface area contributed by atoms with E-state index in [0.29, 0.717) is 49.7 Å². The van der Waals surface area contributed by atoms with Gasteiger partial charge in [0.1, 0.15) is 0 Å². The molecule has 32 heavy (non-hydrogen) atoms. The second-order valence-corrected chi connectivity index (χ2v) is 7.95. The van der Waals surface area contributed by atoms with Crippen LogP contribution >= 0.6 is 0 Å². The minimum absolute atomic E-state index is 0.00292. The standard InChI is InChI=1S/C24H27N5O3/c1-16(30)29-10-7-22(27-20-8-11-32-15-20)21(14-29)23(25)17-4-2-5-18(12-17)24(31)28-19-6-3-9-26-13-19/h2-6,9,12-13,20H,7-8,10-11,14-15,25H2,1H3,(H,28,31). The average molecular weight is 434 g/mol. The normalized spacial score (nSPS) is 21.5. The first-order valence-electron chi connectivity index (χ1n) is 10.7. The van der Waals surface area contributed by atoms with Crippen LogP contribution in [0.4, 0.5) is 5.69 Å². The van der Waals surface area contributed by atoms with E-state index in [2.05, 4.69) is 10.3 Å². The van der Waals surface area contributed by atoms with Gasteiger partial charge in [-0.25, -0.2) is 0 Å². The number of piperidine rings is 1. The SMILES string of the molecule is CC(=O)N1CCC(=NC2CCOC2)C(=C(N)c2cccc(C(=O)Nc3cccnc3)c2)C1. The summed E-state index contributed by atoms with van der Waals surface area (Å²) in [6.45, 7) is 3.90. The molecule has 2 fully saturated rings. The van der Waals surface area contributed by atoms with Gasteiger partial charge in [0.25, 0.3) is 5.91 Å². The molecule has 166 valence electrons. The first kappa shape index (κ1) is 21.7. The number of nitrogens with zero attached hydrogens (tertiary/aromatic N) is 3. The number of pyridine rings is 1. The van der Waals surface area contributed by atoms with Crippen molar-refractivity contribution in [2.24, 2.45) is 10.7 Å². The van der Waals surface area contributed by atoms with Crippen molar-refractivity contribution in [2.45, 2.75) is 25.8 Å². The second kappa shape index (κ2) is 9.74. The van der Waals surface area contributed by atoms with E-state index in [1.807, 2.05) is 6.07 Å². The van der Waals surface area contributed by atoms with Gasteiger partial charge in [-0.1, -0.05) is 12.1 Å². The Morgan fingerprint density at radius 1 is 1.25 bits per heavy atom. The number of likely N-dealkylation sites (tertiary alicyclic amines) is 1. The Balaban J connectivity index is 1.64. The minimum atomic E-state index is -0.247. The fourth-order valence-electron chi connectivity index (χ4n) is 3.89. The first-order chi connectivity index (χ1) is 15.5. The molecule has 0 radical (unpaired) electrons. The molecule has 2 saturated heterocycles. The molecular formula is C24H27N5O3. The molecule has 0 bridgehead atoms. The van der Waals surface area contributed by atoms with Crippen LogP contribution in [-0.2, 0) is 9.53 Å². The van der Waals surface area contributed by atoms with E-state index in [9.17, 15) is 9.59 Å². The molecule has 2 aliphatic heterocycles. The smallest absolute Gasteiger partial charge is 0.255 e. The zero-order chi connectivity index (χ0) is 22.5. The number of hydrogen-bond acceptors (Lipinski definition) is 6. The van der Waals surface area contributed by atoms with Crippen molar-refractivity contribution < 1.29 is 14.3 Å². The van der Waals surface area contributed by atoms with E-state index < -0.39 is 0 Å². The lowest BCUT2D eigenvalue weighted by molar-refractivity contribution is -0.128. The number of benzene rings is 1. The zero-order valence-corrected chi connectivity index (χ0v) is 18.1. The second-order valence-electron chi connectivity index (χ2n) is 7.95. The number of aliphatic imine (C=N–C) groups is 1. The molecule has 0 aliphatic carbocycles. The lowest BCUT2D eigenvalue weighted by Gasteiger charge is -2.30. The summed E-state index contributed by atoms with van der Waals surface area (Å²) in [5.41, 5.74) is 10.7. The van der Waals surface area contributed by atoms with Crippen molar-refractivity contribution in [1.82, 2.24) is 9.88 Å². The van der Waals surface area contributed by atoms with Gasteiger partial charge in [-0.15, -0.1) is 0 Å². The number of carbonyl (C=O) groups is 2. The molecule has 2 aromatic rings. The third-order valence-corrected chi connectivity index (χ3v) is 5.69. The van der Waals surface area contributed by atoms with Gasteiger partial charge in [0.15, 0.2) is 0 Å². The zero-order valence-electron chi connectivity index (χ0n) is 18.1. The Morgan fingerprint density at radius 2 is 2.09 bits per heavy atom. The molecule has 3 heterocycles. The highest BCUT2D eigenvalue weighted by atomic mass is 16.5. The van der Waals surface area contributed by atoms with Crippen molar-refractivity contribution >= 4 is 28.9 Å². The number of ether oxygens (including phenoxy) is 1. The van der Waals surface area contributed by atoms with Crippen molar-refractivity contribution in [3.05, 3.63) is 65.5 Å². The van der Waals surface area contributed by atoms with Gasteiger partial charge in [0, 0.05) is 61.8 Å². The average Bonchev–Trinajstić information content (AvgIpc) is 3.32. The topological polar surface area (TPSA) is 110 Å². The van der Waals surface area contributed by atoms with Crippen molar-refractivity contribution in [1.29, 1.82) is 0 Å². The van der Waals surface area contributed by atoms with Crippen molar-refractivity contribution in [3.8, 4) is 0 Å². The third kappa shape index (κ3) is 5.03. The maximum absolute atomic E-state index is 12.7. The predicted octanol–water partition coefficient (Wildman–Crippen LogP) is 2.49. The summed E-state index contributed by atoms with van der Waals surface area (Å²) in [4.78, 5) is 35.4. The van der Waals surface area contributed by atoms with Crippen LogP contribution in [0.25, 0.3) is 5.70 Å². The molecule has 3 N–H and O–H groups in total. The minimum Gasteiger partial charge on any atom is -0.398 e. The molecule has 4 rings (SSSR count). The van der Waals surface area contributed by atoms with Gasteiger partial charge in [-0.05, 0) is 36.2 Å². The third-order valence-electron chi connectivity index (χ3n) is 5.69. The highest BCUT2D eigenvalue weighted by Gasteiger charge is 2.26. The Morgan fingerprint density at radius 3 is 2.81 bits per heavy atom. The number of anilines is 1. The Labute approximate surface area is 187 Å². The van der Waals surface area contributed by atoms with Gasteiger partial charge >= 0.3 is 0 Å². The number of hydrogen-bond donors (Lipinski definition) is 2. The van der Waals surface area contributed by atoms with Crippen LogP contribution in [0.2, 0.25) is 0 Å². The van der Waals surface area contributed by atoms with Gasteiger partial charge < -0.3 is 20.7 Å². The summed E-state index contributed by atoms with van der Waals surface area (Å²) >= 11 is 0. The molecule has 2 aliphatic rings. The molecular weight excluding hydrogens is 406 g/mol. The maximum Gasteiger partial charge on any atom is 0.255 e. The van der Waals surface area contributed by atoms with E-state index in [0.717, 1.165) is 23.3 Å².